The normalized spacial score (nSPS) is 10.1. The highest BCUT2D eigenvalue weighted by atomic mass is 79.9. The number of anilines is 1. The number of hydrogen-bond donors (Lipinski definition) is 1. The molecule has 82 valence electrons. The molecule has 0 atom stereocenters. The Labute approximate surface area is 108 Å². The molecule has 0 radical (unpaired) electrons. The van der Waals surface area contributed by atoms with Gasteiger partial charge in [-0.25, -0.2) is 4.98 Å². The number of hydrogen-bond acceptors (Lipinski definition) is 3. The molecule has 0 aliphatic rings. The summed E-state index contributed by atoms with van der Waals surface area (Å²) >= 11 is 6.42. The van der Waals surface area contributed by atoms with Crippen molar-refractivity contribution in [2.24, 2.45) is 0 Å². The molecule has 0 spiro atoms. The lowest BCUT2D eigenvalue weighted by Crippen LogP contribution is -2.11. The van der Waals surface area contributed by atoms with Crippen LogP contribution >= 0.6 is 31.9 Å². The molecule has 2 aromatic heterocycles. The summed E-state index contributed by atoms with van der Waals surface area (Å²) in [6.07, 6.45) is 1.59. The van der Waals surface area contributed by atoms with Crippen LogP contribution in [0.15, 0.2) is 44.0 Å². The van der Waals surface area contributed by atoms with E-state index in [4.69, 9.17) is 4.42 Å². The van der Waals surface area contributed by atoms with Gasteiger partial charge >= 0.3 is 0 Å². The average molecular weight is 346 g/mol. The molecule has 2 aromatic rings. The molecule has 4 nitrogen and oxygen atoms in total. The Morgan fingerprint density at radius 1 is 1.31 bits per heavy atom. The standard InChI is InChI=1S/C10H6Br2N2O2/c11-6-3-4-13-9(5-6)14-10(15)7-1-2-8(12)16-7/h1-5H,(H,13,14,15). The van der Waals surface area contributed by atoms with E-state index in [0.717, 1.165) is 4.47 Å². The number of carbonyl (C=O) groups excluding carboxylic acids is 1. The van der Waals surface area contributed by atoms with Crippen molar-refractivity contribution in [2.45, 2.75) is 0 Å². The minimum atomic E-state index is -0.337. The fourth-order valence-corrected chi connectivity index (χ4v) is 1.73. The number of rotatable bonds is 2. The lowest BCUT2D eigenvalue weighted by Gasteiger charge is -2.01. The van der Waals surface area contributed by atoms with Crippen LogP contribution < -0.4 is 5.32 Å². The molecule has 1 N–H and O–H groups in total. The average Bonchev–Trinajstić information content (AvgIpc) is 2.65. The topological polar surface area (TPSA) is 55.1 Å². The quantitative estimate of drug-likeness (QED) is 0.906. The predicted octanol–water partition coefficient (Wildman–Crippen LogP) is 3.45. The first-order valence-electron chi connectivity index (χ1n) is 4.33. The smallest absolute Gasteiger partial charge is 0.292 e. The van der Waals surface area contributed by atoms with Gasteiger partial charge in [-0.1, -0.05) is 15.9 Å². The Morgan fingerprint density at radius 2 is 2.12 bits per heavy atom. The van der Waals surface area contributed by atoms with E-state index in [1.807, 2.05) is 0 Å². The number of amides is 1. The molecule has 16 heavy (non-hydrogen) atoms. The summed E-state index contributed by atoms with van der Waals surface area (Å²) in [5.41, 5.74) is 0. The zero-order chi connectivity index (χ0) is 11.5. The Bertz CT molecular complexity index is 525. The van der Waals surface area contributed by atoms with Crippen LogP contribution in [0.4, 0.5) is 5.82 Å². The maximum absolute atomic E-state index is 11.7. The Hall–Kier alpha value is -1.14. The third kappa shape index (κ3) is 2.70. The first-order valence-corrected chi connectivity index (χ1v) is 5.92. The van der Waals surface area contributed by atoms with Crippen molar-refractivity contribution in [3.05, 3.63) is 45.4 Å². The third-order valence-electron chi connectivity index (χ3n) is 1.76. The van der Waals surface area contributed by atoms with E-state index >= 15 is 0 Å². The van der Waals surface area contributed by atoms with Crippen LogP contribution in [0.3, 0.4) is 0 Å². The molecule has 1 amide bonds. The number of nitrogens with zero attached hydrogens (tertiary/aromatic N) is 1. The molecule has 0 saturated heterocycles. The molecule has 0 fully saturated rings. The summed E-state index contributed by atoms with van der Waals surface area (Å²) in [6, 6.07) is 6.72. The van der Waals surface area contributed by atoms with E-state index in [1.54, 1.807) is 30.5 Å². The number of halogens is 2. The minimum Gasteiger partial charge on any atom is -0.444 e. The van der Waals surface area contributed by atoms with E-state index in [9.17, 15) is 4.79 Å². The first-order chi connectivity index (χ1) is 7.65. The Kier molecular flexibility index (Phi) is 3.40. The highest BCUT2D eigenvalue weighted by Crippen LogP contribution is 2.17. The number of carbonyl (C=O) groups is 1. The predicted molar refractivity (Wildman–Crippen MR) is 66.3 cm³/mol. The summed E-state index contributed by atoms with van der Waals surface area (Å²) in [5, 5.41) is 2.62. The highest BCUT2D eigenvalue weighted by molar-refractivity contribution is 9.10. The second-order valence-corrected chi connectivity index (χ2v) is 4.61. The van der Waals surface area contributed by atoms with Crippen molar-refractivity contribution in [3.63, 3.8) is 0 Å². The molecule has 2 rings (SSSR count). The fraction of sp³-hybridized carbons (Fsp3) is 0. The molecule has 2 heterocycles. The maximum atomic E-state index is 11.7. The van der Waals surface area contributed by atoms with Gasteiger partial charge in [0, 0.05) is 10.7 Å². The molecular weight excluding hydrogens is 340 g/mol. The van der Waals surface area contributed by atoms with Crippen molar-refractivity contribution >= 4 is 43.6 Å². The number of nitrogens with one attached hydrogen (secondary N) is 1. The summed E-state index contributed by atoms with van der Waals surface area (Å²) in [4.78, 5) is 15.7. The fourth-order valence-electron chi connectivity index (χ4n) is 1.09. The highest BCUT2D eigenvalue weighted by Gasteiger charge is 2.10. The molecule has 0 aromatic carbocycles. The van der Waals surface area contributed by atoms with Gasteiger partial charge in [0.05, 0.1) is 0 Å². The van der Waals surface area contributed by atoms with Crippen LogP contribution in [-0.2, 0) is 0 Å². The lowest BCUT2D eigenvalue weighted by molar-refractivity contribution is 0.0995. The monoisotopic (exact) mass is 344 g/mol. The molecule has 0 bridgehead atoms. The van der Waals surface area contributed by atoms with Gasteiger partial charge < -0.3 is 9.73 Å². The molecule has 0 aliphatic carbocycles. The van der Waals surface area contributed by atoms with Crippen molar-refractivity contribution in [3.8, 4) is 0 Å². The summed E-state index contributed by atoms with van der Waals surface area (Å²) in [7, 11) is 0. The van der Waals surface area contributed by atoms with Gasteiger partial charge in [-0.05, 0) is 40.2 Å². The van der Waals surface area contributed by atoms with Crippen molar-refractivity contribution in [1.82, 2.24) is 4.98 Å². The van der Waals surface area contributed by atoms with Gasteiger partial charge in [0.15, 0.2) is 10.4 Å². The Balaban J connectivity index is 2.13. The Morgan fingerprint density at radius 3 is 2.75 bits per heavy atom. The van der Waals surface area contributed by atoms with Gasteiger partial charge in [0.25, 0.3) is 5.91 Å². The van der Waals surface area contributed by atoms with Crippen LogP contribution in [-0.4, -0.2) is 10.9 Å². The zero-order valence-electron chi connectivity index (χ0n) is 7.91. The van der Waals surface area contributed by atoms with Gasteiger partial charge in [-0.2, -0.15) is 0 Å². The van der Waals surface area contributed by atoms with Crippen LogP contribution in [0.25, 0.3) is 0 Å². The van der Waals surface area contributed by atoms with Crippen molar-refractivity contribution < 1.29 is 9.21 Å². The zero-order valence-corrected chi connectivity index (χ0v) is 11.1. The first kappa shape index (κ1) is 11.3. The van der Waals surface area contributed by atoms with E-state index in [0.29, 0.717) is 10.5 Å². The third-order valence-corrected chi connectivity index (χ3v) is 2.68. The van der Waals surface area contributed by atoms with E-state index in [1.165, 1.54) is 0 Å². The minimum absolute atomic E-state index is 0.230. The molecule has 0 unspecified atom stereocenters. The van der Waals surface area contributed by atoms with Gasteiger partial charge in [0.2, 0.25) is 0 Å². The summed E-state index contributed by atoms with van der Waals surface area (Å²) < 4.78 is 6.47. The van der Waals surface area contributed by atoms with Gasteiger partial charge in [0.1, 0.15) is 5.82 Å². The van der Waals surface area contributed by atoms with E-state index in [2.05, 4.69) is 42.2 Å². The van der Waals surface area contributed by atoms with Crippen LogP contribution in [0, 0.1) is 0 Å². The molecule has 0 saturated carbocycles. The van der Waals surface area contributed by atoms with Crippen LogP contribution in [0.1, 0.15) is 10.6 Å². The molecular formula is C10H6Br2N2O2. The largest absolute Gasteiger partial charge is 0.444 e. The second kappa shape index (κ2) is 4.80. The van der Waals surface area contributed by atoms with Crippen molar-refractivity contribution in [2.75, 3.05) is 5.32 Å². The number of aromatic nitrogens is 1. The molecule has 0 aliphatic heterocycles. The van der Waals surface area contributed by atoms with E-state index in [-0.39, 0.29) is 11.7 Å². The van der Waals surface area contributed by atoms with Gasteiger partial charge in [-0.3, -0.25) is 4.79 Å². The van der Waals surface area contributed by atoms with Crippen molar-refractivity contribution in [1.29, 1.82) is 0 Å². The maximum Gasteiger partial charge on any atom is 0.292 e. The van der Waals surface area contributed by atoms with E-state index < -0.39 is 0 Å². The second-order valence-electron chi connectivity index (χ2n) is 2.92. The number of pyridine rings is 1. The van der Waals surface area contributed by atoms with Gasteiger partial charge in [-0.15, -0.1) is 0 Å². The summed E-state index contributed by atoms with van der Waals surface area (Å²) in [6.45, 7) is 0. The SMILES string of the molecule is O=C(Nc1cc(Br)ccn1)c1ccc(Br)o1. The number of furan rings is 1. The summed E-state index contributed by atoms with van der Waals surface area (Å²) in [5.74, 6) is 0.358. The molecule has 6 heteroatoms. The lowest BCUT2D eigenvalue weighted by atomic mass is 10.4. The van der Waals surface area contributed by atoms with Crippen LogP contribution in [0.5, 0.6) is 0 Å². The van der Waals surface area contributed by atoms with Crippen LogP contribution in [0.2, 0.25) is 0 Å².